The Balaban J connectivity index is 2.22. The highest BCUT2D eigenvalue weighted by atomic mass is 16.6. The molecule has 2 aromatic heterocycles. The highest BCUT2D eigenvalue weighted by Crippen LogP contribution is 2.27. The van der Waals surface area contributed by atoms with Crippen molar-refractivity contribution < 1.29 is 4.92 Å². The molecule has 1 aliphatic rings. The van der Waals surface area contributed by atoms with E-state index in [9.17, 15) is 20.6 Å². The summed E-state index contributed by atoms with van der Waals surface area (Å²) in [5, 5.41) is 33.8. The van der Waals surface area contributed by atoms with Crippen LogP contribution in [-0.4, -0.2) is 19.7 Å². The summed E-state index contributed by atoms with van der Waals surface area (Å²) < 4.78 is 1.20. The van der Waals surface area contributed by atoms with Crippen LogP contribution in [0.15, 0.2) is 12.3 Å². The van der Waals surface area contributed by atoms with E-state index in [0.29, 0.717) is 5.56 Å². The van der Waals surface area contributed by atoms with Gasteiger partial charge in [-0.2, -0.15) is 10.5 Å². The molecule has 8 heteroatoms. The van der Waals surface area contributed by atoms with Crippen molar-refractivity contribution in [1.29, 1.82) is 10.5 Å². The number of nitrogens with zero attached hydrogens (tertiary/aromatic N) is 6. The molecule has 0 unspecified atom stereocenters. The third-order valence-corrected chi connectivity index (χ3v) is 4.16. The molecule has 0 aliphatic heterocycles. The summed E-state index contributed by atoms with van der Waals surface area (Å²) in [7, 11) is 0. The summed E-state index contributed by atoms with van der Waals surface area (Å²) in [6, 6.07) is 5.39. The van der Waals surface area contributed by atoms with Crippen LogP contribution in [0.3, 0.4) is 0 Å². The molecule has 0 bridgehead atoms. The van der Waals surface area contributed by atoms with Crippen LogP contribution in [0.2, 0.25) is 0 Å². The quantitative estimate of drug-likeness (QED) is 0.618. The fraction of sp³-hybridized carbons (Fsp3) is 0.375. The second-order valence-corrected chi connectivity index (χ2v) is 5.62. The van der Waals surface area contributed by atoms with E-state index >= 15 is 0 Å². The lowest BCUT2D eigenvalue weighted by Gasteiger charge is -2.16. The van der Waals surface area contributed by atoms with Crippen LogP contribution in [0.5, 0.6) is 0 Å². The first-order valence-corrected chi connectivity index (χ1v) is 7.72. The average molecular weight is 322 g/mol. The molecule has 8 nitrogen and oxygen atoms in total. The molecule has 0 atom stereocenters. The van der Waals surface area contributed by atoms with Gasteiger partial charge in [0, 0.05) is 5.69 Å². The zero-order chi connectivity index (χ0) is 17.1. The number of hydrogen-bond acceptors (Lipinski definition) is 6. The molecular weight excluding hydrogens is 308 g/mol. The number of aryl methyl sites for hydroxylation is 1. The number of nitro groups is 1. The third-order valence-electron chi connectivity index (χ3n) is 4.16. The van der Waals surface area contributed by atoms with E-state index in [0.717, 1.165) is 49.8 Å². The molecule has 0 amide bonds. The fourth-order valence-corrected chi connectivity index (χ4v) is 3.01. The summed E-state index contributed by atoms with van der Waals surface area (Å²) in [4.78, 5) is 14.8. The van der Waals surface area contributed by atoms with Crippen molar-refractivity contribution in [3.05, 3.63) is 44.8 Å². The number of hydrogen-bond donors (Lipinski definition) is 0. The Kier molecular flexibility index (Phi) is 4.21. The lowest BCUT2D eigenvalue weighted by molar-refractivity contribution is -0.389. The molecule has 1 aliphatic carbocycles. The number of nitriles is 2. The van der Waals surface area contributed by atoms with Gasteiger partial charge in [0.05, 0.1) is 22.9 Å². The summed E-state index contributed by atoms with van der Waals surface area (Å²) >= 11 is 0. The van der Waals surface area contributed by atoms with E-state index in [1.165, 1.54) is 16.9 Å². The second kappa shape index (κ2) is 6.47. The molecule has 0 aromatic carbocycles. The van der Waals surface area contributed by atoms with Gasteiger partial charge in [0.25, 0.3) is 0 Å². The molecule has 120 valence electrons. The zero-order valence-corrected chi connectivity index (χ0v) is 12.9. The number of fused-ring (bicyclic) bond motifs is 1. The summed E-state index contributed by atoms with van der Waals surface area (Å²) in [5.41, 5.74) is 2.06. The monoisotopic (exact) mass is 322 g/mol. The maximum atomic E-state index is 10.8. The Morgan fingerprint density at radius 1 is 1.12 bits per heavy atom. The number of aromatic nitrogens is 3. The Hall–Kier alpha value is -3.26. The lowest BCUT2D eigenvalue weighted by atomic mass is 9.92. The molecule has 0 saturated heterocycles. The van der Waals surface area contributed by atoms with Crippen molar-refractivity contribution in [2.24, 2.45) is 0 Å². The first-order valence-electron chi connectivity index (χ1n) is 7.72. The van der Waals surface area contributed by atoms with Gasteiger partial charge in [-0.1, -0.05) is 12.8 Å². The van der Waals surface area contributed by atoms with E-state index in [1.807, 2.05) is 6.07 Å². The van der Waals surface area contributed by atoms with Crippen molar-refractivity contribution in [2.75, 3.05) is 0 Å². The topological polar surface area (TPSA) is 121 Å². The van der Waals surface area contributed by atoms with Crippen LogP contribution in [-0.2, 0) is 12.8 Å². The van der Waals surface area contributed by atoms with E-state index in [-0.39, 0.29) is 17.2 Å². The van der Waals surface area contributed by atoms with Gasteiger partial charge in [-0.3, -0.25) is 0 Å². The van der Waals surface area contributed by atoms with Crippen LogP contribution in [0.1, 0.15) is 48.1 Å². The minimum absolute atomic E-state index is 0.120. The molecule has 0 saturated carbocycles. The van der Waals surface area contributed by atoms with Crippen LogP contribution < -0.4 is 0 Å². The second-order valence-electron chi connectivity index (χ2n) is 5.62. The van der Waals surface area contributed by atoms with Crippen LogP contribution >= 0.6 is 0 Å². The fourth-order valence-electron chi connectivity index (χ4n) is 3.01. The smallest absolute Gasteiger partial charge is 0.358 e. The maximum Gasteiger partial charge on any atom is 0.390 e. The van der Waals surface area contributed by atoms with Crippen LogP contribution in [0.4, 0.5) is 5.82 Å². The van der Waals surface area contributed by atoms with Gasteiger partial charge in [0.2, 0.25) is 0 Å². The van der Waals surface area contributed by atoms with Crippen molar-refractivity contribution >= 4 is 5.82 Å². The van der Waals surface area contributed by atoms with E-state index < -0.39 is 4.92 Å². The van der Waals surface area contributed by atoms with Gasteiger partial charge in [0.1, 0.15) is 17.7 Å². The molecule has 2 aromatic rings. The number of pyridine rings is 1. The van der Waals surface area contributed by atoms with Crippen molar-refractivity contribution in [2.45, 2.75) is 38.5 Å². The third kappa shape index (κ3) is 2.70. The van der Waals surface area contributed by atoms with Gasteiger partial charge in [-0.25, -0.2) is 4.98 Å². The van der Waals surface area contributed by atoms with E-state index in [4.69, 9.17) is 0 Å². The Morgan fingerprint density at radius 2 is 1.83 bits per heavy atom. The van der Waals surface area contributed by atoms with Gasteiger partial charge < -0.3 is 10.1 Å². The van der Waals surface area contributed by atoms with Crippen molar-refractivity contribution in [3.8, 4) is 18.0 Å². The van der Waals surface area contributed by atoms with Crippen LogP contribution in [0, 0.1) is 32.8 Å². The van der Waals surface area contributed by atoms with Gasteiger partial charge in [-0.05, 0) is 36.2 Å². The van der Waals surface area contributed by atoms with Gasteiger partial charge >= 0.3 is 5.82 Å². The van der Waals surface area contributed by atoms with Crippen molar-refractivity contribution in [3.63, 3.8) is 0 Å². The summed E-state index contributed by atoms with van der Waals surface area (Å²) in [6.07, 6.45) is 6.96. The van der Waals surface area contributed by atoms with Gasteiger partial charge in [0.15, 0.2) is 5.82 Å². The molecule has 24 heavy (non-hydrogen) atoms. The Labute approximate surface area is 138 Å². The predicted molar refractivity (Wildman–Crippen MR) is 83.3 cm³/mol. The van der Waals surface area contributed by atoms with E-state index in [2.05, 4.69) is 16.2 Å². The molecule has 0 radical (unpaired) electrons. The molecule has 0 spiro atoms. The minimum Gasteiger partial charge on any atom is -0.358 e. The summed E-state index contributed by atoms with van der Waals surface area (Å²) in [5.74, 6) is -0.146. The normalized spacial score (nSPS) is 13.9. The van der Waals surface area contributed by atoms with Crippen molar-refractivity contribution in [1.82, 2.24) is 14.8 Å². The largest absolute Gasteiger partial charge is 0.390 e. The SMILES string of the molecule is N#Cc1c(-n2ccc([N+](=O)[O-])n2)nc2c(c1C#N)CCCCCC2. The zero-order valence-electron chi connectivity index (χ0n) is 12.9. The maximum absolute atomic E-state index is 10.8. The molecule has 0 N–H and O–H groups in total. The minimum atomic E-state index is -0.610. The molecule has 2 heterocycles. The lowest BCUT2D eigenvalue weighted by Crippen LogP contribution is -2.13. The average Bonchev–Trinajstić information content (AvgIpc) is 3.04. The number of rotatable bonds is 2. The molecular formula is C16H14N6O2. The predicted octanol–water partition coefficient (Wildman–Crippen LogP) is 2.58. The highest BCUT2D eigenvalue weighted by molar-refractivity contribution is 5.59. The first kappa shape index (κ1) is 15.6. The Bertz CT molecular complexity index is 887. The van der Waals surface area contributed by atoms with Crippen LogP contribution in [0.25, 0.3) is 5.82 Å². The molecule has 3 rings (SSSR count). The standard InChI is InChI=1S/C16H14N6O2/c17-9-12-11-5-3-1-2-4-6-14(11)19-16(13(12)10-18)21-8-7-15(20-21)22(23)24/h7-8H,1-6H2. The summed E-state index contributed by atoms with van der Waals surface area (Å²) in [6.45, 7) is 0. The molecule has 0 fully saturated rings. The van der Waals surface area contributed by atoms with Gasteiger partial charge in [-0.15, -0.1) is 4.68 Å². The van der Waals surface area contributed by atoms with E-state index in [1.54, 1.807) is 0 Å². The highest BCUT2D eigenvalue weighted by Gasteiger charge is 2.24. The first-order chi connectivity index (χ1) is 11.7. The Morgan fingerprint density at radius 3 is 2.46 bits per heavy atom.